The molecular formula is C23H27N3O4. The van der Waals surface area contributed by atoms with Crippen LogP contribution in [0.1, 0.15) is 18.4 Å². The minimum atomic E-state index is -0.671. The van der Waals surface area contributed by atoms with Crippen molar-refractivity contribution in [1.29, 1.82) is 0 Å². The number of nitrogens with one attached hydrogen (secondary N) is 2. The number of carbonyl (C=O) groups excluding carboxylic acids is 3. The maximum absolute atomic E-state index is 12.3. The summed E-state index contributed by atoms with van der Waals surface area (Å²) >= 11 is 0. The lowest BCUT2D eigenvalue weighted by molar-refractivity contribution is -0.136. The number of benzene rings is 2. The Morgan fingerprint density at radius 1 is 0.967 bits per heavy atom. The van der Waals surface area contributed by atoms with E-state index in [2.05, 4.69) is 10.6 Å². The largest absolute Gasteiger partial charge is 0.484 e. The van der Waals surface area contributed by atoms with Gasteiger partial charge in [0.25, 0.3) is 5.91 Å². The maximum atomic E-state index is 12.3. The molecule has 1 heterocycles. The van der Waals surface area contributed by atoms with E-state index in [4.69, 9.17) is 4.74 Å². The molecule has 0 aromatic heterocycles. The summed E-state index contributed by atoms with van der Waals surface area (Å²) in [5.74, 6) is -0.450. The first-order chi connectivity index (χ1) is 14.5. The lowest BCUT2D eigenvalue weighted by Gasteiger charge is -2.32. The molecule has 0 bridgehead atoms. The number of rotatable bonds is 6. The molecule has 0 aliphatic carbocycles. The van der Waals surface area contributed by atoms with Gasteiger partial charge in [0.15, 0.2) is 6.61 Å². The number of para-hydroxylation sites is 2. The molecule has 1 saturated heterocycles. The summed E-state index contributed by atoms with van der Waals surface area (Å²) in [6.07, 6.45) is 1.55. The van der Waals surface area contributed by atoms with Crippen molar-refractivity contribution in [1.82, 2.24) is 10.2 Å². The van der Waals surface area contributed by atoms with Crippen molar-refractivity contribution in [2.45, 2.75) is 19.8 Å². The molecular weight excluding hydrogens is 382 g/mol. The van der Waals surface area contributed by atoms with Crippen LogP contribution in [0.3, 0.4) is 0 Å². The van der Waals surface area contributed by atoms with Gasteiger partial charge in [0.1, 0.15) is 5.75 Å². The van der Waals surface area contributed by atoms with Crippen molar-refractivity contribution in [2.24, 2.45) is 5.92 Å². The molecule has 1 aliphatic heterocycles. The quantitative estimate of drug-likeness (QED) is 0.717. The fourth-order valence-corrected chi connectivity index (χ4v) is 3.35. The summed E-state index contributed by atoms with van der Waals surface area (Å²) in [6.45, 7) is 3.54. The molecule has 158 valence electrons. The van der Waals surface area contributed by atoms with Crippen LogP contribution in [0.25, 0.3) is 0 Å². The normalized spacial score (nSPS) is 14.1. The van der Waals surface area contributed by atoms with E-state index in [0.717, 1.165) is 18.4 Å². The number of nitrogens with zero attached hydrogens (tertiary/aromatic N) is 1. The van der Waals surface area contributed by atoms with Crippen LogP contribution in [0.2, 0.25) is 0 Å². The molecule has 2 aromatic rings. The summed E-state index contributed by atoms with van der Waals surface area (Å²) in [7, 11) is 0. The smallest absolute Gasteiger partial charge is 0.313 e. The highest BCUT2D eigenvalue weighted by molar-refractivity contribution is 6.39. The molecule has 0 radical (unpaired) electrons. The summed E-state index contributed by atoms with van der Waals surface area (Å²) in [5.41, 5.74) is 1.52. The molecule has 7 heteroatoms. The topological polar surface area (TPSA) is 87.7 Å². The van der Waals surface area contributed by atoms with Crippen LogP contribution in [0.5, 0.6) is 5.75 Å². The van der Waals surface area contributed by atoms with Crippen LogP contribution >= 0.6 is 0 Å². The van der Waals surface area contributed by atoms with Gasteiger partial charge in [-0.25, -0.2) is 0 Å². The summed E-state index contributed by atoms with van der Waals surface area (Å²) in [4.78, 5) is 38.3. The van der Waals surface area contributed by atoms with Crippen LogP contribution in [0.4, 0.5) is 5.69 Å². The van der Waals surface area contributed by atoms with Crippen molar-refractivity contribution in [3.05, 3.63) is 60.2 Å². The average Bonchev–Trinajstić information content (AvgIpc) is 2.78. The Hall–Kier alpha value is -3.35. The third kappa shape index (κ3) is 6.07. The van der Waals surface area contributed by atoms with Crippen molar-refractivity contribution < 1.29 is 19.1 Å². The molecule has 1 fully saturated rings. The molecule has 2 N–H and O–H groups in total. The zero-order valence-corrected chi connectivity index (χ0v) is 17.1. The molecule has 7 nitrogen and oxygen atoms in total. The van der Waals surface area contributed by atoms with E-state index in [-0.39, 0.29) is 18.4 Å². The lowest BCUT2D eigenvalue weighted by Crippen LogP contribution is -2.44. The Bertz CT molecular complexity index is 877. The Morgan fingerprint density at radius 2 is 1.63 bits per heavy atom. The Labute approximate surface area is 176 Å². The van der Waals surface area contributed by atoms with Gasteiger partial charge in [-0.2, -0.15) is 0 Å². The highest BCUT2D eigenvalue weighted by Crippen LogP contribution is 2.17. The SMILES string of the molecule is Cc1ccccc1NC(=O)C(=O)NCC1CCN(C(=O)COc2ccccc2)CC1. The zero-order valence-electron chi connectivity index (χ0n) is 17.1. The minimum Gasteiger partial charge on any atom is -0.484 e. The van der Waals surface area contributed by atoms with E-state index >= 15 is 0 Å². The van der Waals surface area contributed by atoms with Gasteiger partial charge in [0, 0.05) is 25.3 Å². The minimum absolute atomic E-state index is 0.0183. The second-order valence-corrected chi connectivity index (χ2v) is 7.40. The van der Waals surface area contributed by atoms with Gasteiger partial charge in [-0.1, -0.05) is 36.4 Å². The van der Waals surface area contributed by atoms with Crippen LogP contribution in [0, 0.1) is 12.8 Å². The molecule has 3 amide bonds. The van der Waals surface area contributed by atoms with Crippen molar-refractivity contribution in [3.8, 4) is 5.75 Å². The summed E-state index contributed by atoms with van der Waals surface area (Å²) < 4.78 is 5.52. The zero-order chi connectivity index (χ0) is 21.3. The highest BCUT2D eigenvalue weighted by Gasteiger charge is 2.24. The van der Waals surface area contributed by atoms with Crippen LogP contribution < -0.4 is 15.4 Å². The monoisotopic (exact) mass is 409 g/mol. The maximum Gasteiger partial charge on any atom is 0.313 e. The third-order valence-corrected chi connectivity index (χ3v) is 5.22. The number of likely N-dealkylation sites (tertiary alicyclic amines) is 1. The van der Waals surface area contributed by atoms with E-state index in [0.29, 0.717) is 31.1 Å². The fraction of sp³-hybridized carbons (Fsp3) is 0.348. The number of hydrogen-bond donors (Lipinski definition) is 2. The average molecular weight is 409 g/mol. The molecule has 1 aliphatic rings. The van der Waals surface area contributed by atoms with Gasteiger partial charge in [-0.3, -0.25) is 14.4 Å². The predicted molar refractivity (Wildman–Crippen MR) is 114 cm³/mol. The first kappa shape index (κ1) is 21.4. The first-order valence-corrected chi connectivity index (χ1v) is 10.1. The number of carbonyl (C=O) groups is 3. The summed E-state index contributed by atoms with van der Waals surface area (Å²) in [6, 6.07) is 16.6. The van der Waals surface area contributed by atoms with E-state index in [1.54, 1.807) is 17.0 Å². The van der Waals surface area contributed by atoms with Gasteiger partial charge in [0.05, 0.1) is 0 Å². The number of hydrogen-bond acceptors (Lipinski definition) is 4. The van der Waals surface area contributed by atoms with Crippen molar-refractivity contribution in [3.63, 3.8) is 0 Å². The third-order valence-electron chi connectivity index (χ3n) is 5.22. The second kappa shape index (κ2) is 10.4. The Balaban J connectivity index is 1.36. The molecule has 0 spiro atoms. The van der Waals surface area contributed by atoms with Gasteiger partial charge in [-0.15, -0.1) is 0 Å². The molecule has 3 rings (SSSR count). The van der Waals surface area contributed by atoms with Gasteiger partial charge < -0.3 is 20.3 Å². The van der Waals surface area contributed by atoms with E-state index in [9.17, 15) is 14.4 Å². The first-order valence-electron chi connectivity index (χ1n) is 10.1. The Kier molecular flexibility index (Phi) is 7.43. The van der Waals surface area contributed by atoms with E-state index in [1.807, 2.05) is 49.4 Å². The number of anilines is 1. The van der Waals surface area contributed by atoms with Gasteiger partial charge in [0.2, 0.25) is 0 Å². The number of amides is 3. The molecule has 0 unspecified atom stereocenters. The molecule has 2 aromatic carbocycles. The van der Waals surface area contributed by atoms with Gasteiger partial charge >= 0.3 is 11.8 Å². The van der Waals surface area contributed by atoms with Gasteiger partial charge in [-0.05, 0) is 49.4 Å². The van der Waals surface area contributed by atoms with Crippen molar-refractivity contribution in [2.75, 3.05) is 31.6 Å². The number of piperidine rings is 1. The second-order valence-electron chi connectivity index (χ2n) is 7.40. The Morgan fingerprint density at radius 3 is 2.33 bits per heavy atom. The fourth-order valence-electron chi connectivity index (χ4n) is 3.35. The highest BCUT2D eigenvalue weighted by atomic mass is 16.5. The molecule has 0 saturated carbocycles. The number of ether oxygens (including phenoxy) is 1. The lowest BCUT2D eigenvalue weighted by atomic mass is 9.96. The van der Waals surface area contributed by atoms with Crippen LogP contribution in [0.15, 0.2) is 54.6 Å². The molecule has 30 heavy (non-hydrogen) atoms. The number of aryl methyl sites for hydroxylation is 1. The summed E-state index contributed by atoms with van der Waals surface area (Å²) in [5, 5.41) is 5.33. The predicted octanol–water partition coefficient (Wildman–Crippen LogP) is 2.37. The van der Waals surface area contributed by atoms with Crippen molar-refractivity contribution >= 4 is 23.4 Å². The molecule has 0 atom stereocenters. The van der Waals surface area contributed by atoms with E-state index < -0.39 is 11.8 Å². The van der Waals surface area contributed by atoms with Crippen LogP contribution in [-0.2, 0) is 14.4 Å². The van der Waals surface area contributed by atoms with E-state index in [1.165, 1.54) is 0 Å². The van der Waals surface area contributed by atoms with Crippen LogP contribution in [-0.4, -0.2) is 48.9 Å². The standard InChI is InChI=1S/C23H27N3O4/c1-17-7-5-6-10-20(17)25-23(29)22(28)24-15-18-11-13-26(14-12-18)21(27)16-30-19-8-3-2-4-9-19/h2-10,18H,11-16H2,1H3,(H,24,28)(H,25,29).